The van der Waals surface area contributed by atoms with Crippen LogP contribution in [0.1, 0.15) is 13.3 Å². The van der Waals surface area contributed by atoms with E-state index in [1.807, 2.05) is 6.92 Å². The van der Waals surface area contributed by atoms with Crippen LogP contribution in [0.4, 0.5) is 0 Å². The van der Waals surface area contributed by atoms with E-state index < -0.39 is 0 Å². The number of oxime groups is 1. The first-order chi connectivity index (χ1) is 4.31. The standard InChI is InChI=1S/C6H10BNO/c1-6(2-4-7)3-5-8-9/h5-6,9H,3,7H2,1H3. The molecule has 0 aromatic rings. The molecule has 2 nitrogen and oxygen atoms in total. The van der Waals surface area contributed by atoms with Crippen LogP contribution in [0, 0.1) is 17.7 Å². The molecule has 9 heavy (non-hydrogen) atoms. The van der Waals surface area contributed by atoms with Gasteiger partial charge in [-0.05, 0) is 6.42 Å². The van der Waals surface area contributed by atoms with Crippen LogP contribution in [-0.2, 0) is 0 Å². The van der Waals surface area contributed by atoms with Gasteiger partial charge in [0.1, 0.15) is 0 Å². The monoisotopic (exact) mass is 123 g/mol. The smallest absolute Gasteiger partial charge is 0.195 e. The van der Waals surface area contributed by atoms with Crippen molar-refractivity contribution in [1.29, 1.82) is 0 Å². The topological polar surface area (TPSA) is 32.6 Å². The van der Waals surface area contributed by atoms with E-state index in [0.717, 1.165) is 6.42 Å². The SMILES string of the molecule is BC#CC(C)CC=NO. The van der Waals surface area contributed by atoms with Crippen molar-refractivity contribution < 1.29 is 5.21 Å². The highest BCUT2D eigenvalue weighted by Gasteiger charge is 1.90. The number of rotatable bonds is 2. The van der Waals surface area contributed by atoms with Crippen molar-refractivity contribution in [1.82, 2.24) is 0 Å². The molecule has 0 spiro atoms. The Balaban J connectivity index is 3.46. The Morgan fingerprint density at radius 2 is 2.56 bits per heavy atom. The number of nitrogens with zero attached hydrogens (tertiary/aromatic N) is 1. The third kappa shape index (κ3) is 4.96. The van der Waals surface area contributed by atoms with E-state index in [2.05, 4.69) is 16.9 Å². The zero-order chi connectivity index (χ0) is 7.11. The van der Waals surface area contributed by atoms with Crippen molar-refractivity contribution in [3.63, 3.8) is 0 Å². The Labute approximate surface area is 56.4 Å². The van der Waals surface area contributed by atoms with Gasteiger partial charge in [0.05, 0.1) is 0 Å². The fraction of sp³-hybridized carbons (Fsp3) is 0.500. The zero-order valence-electron chi connectivity index (χ0n) is 5.76. The molecule has 0 aliphatic heterocycles. The number of hydrogen-bond donors (Lipinski definition) is 1. The molecule has 0 heterocycles. The van der Waals surface area contributed by atoms with Gasteiger partial charge in [0.15, 0.2) is 7.85 Å². The van der Waals surface area contributed by atoms with Crippen LogP contribution < -0.4 is 0 Å². The van der Waals surface area contributed by atoms with Crippen molar-refractivity contribution in [2.75, 3.05) is 0 Å². The molecule has 0 saturated carbocycles. The summed E-state index contributed by atoms with van der Waals surface area (Å²) in [4.78, 5) is 0. The maximum atomic E-state index is 8.00. The van der Waals surface area contributed by atoms with Crippen LogP contribution in [0.25, 0.3) is 0 Å². The summed E-state index contributed by atoms with van der Waals surface area (Å²) in [5.74, 6) is 6.01. The molecular weight excluding hydrogens is 113 g/mol. The van der Waals surface area contributed by atoms with Crippen LogP contribution >= 0.6 is 0 Å². The predicted molar refractivity (Wildman–Crippen MR) is 40.4 cm³/mol. The average Bonchev–Trinajstić information content (AvgIpc) is 1.85. The van der Waals surface area contributed by atoms with Crippen LogP contribution in [0.3, 0.4) is 0 Å². The van der Waals surface area contributed by atoms with Gasteiger partial charge in [-0.15, -0.1) is 11.1 Å². The fourth-order valence-corrected chi connectivity index (χ4v) is 0.511. The fourth-order valence-electron chi connectivity index (χ4n) is 0.511. The minimum atomic E-state index is 0.297. The van der Waals surface area contributed by atoms with Gasteiger partial charge in [0, 0.05) is 12.1 Å². The lowest BCUT2D eigenvalue weighted by atomic mass is 10.1. The second-order valence-corrected chi connectivity index (χ2v) is 1.83. The van der Waals surface area contributed by atoms with E-state index in [4.69, 9.17) is 5.21 Å². The molecule has 0 rings (SSSR count). The molecule has 0 bridgehead atoms. The summed E-state index contributed by atoms with van der Waals surface area (Å²) in [7, 11) is 1.80. The summed E-state index contributed by atoms with van der Waals surface area (Å²) in [6.07, 6.45) is 2.17. The second kappa shape index (κ2) is 5.24. The predicted octanol–water partition coefficient (Wildman–Crippen LogP) is 0.0666. The van der Waals surface area contributed by atoms with Gasteiger partial charge in [-0.1, -0.05) is 6.92 Å². The maximum absolute atomic E-state index is 8.00. The Kier molecular flexibility index (Phi) is 4.71. The van der Waals surface area contributed by atoms with E-state index in [-0.39, 0.29) is 0 Å². The number of hydrogen-bond acceptors (Lipinski definition) is 2. The van der Waals surface area contributed by atoms with Gasteiger partial charge < -0.3 is 5.21 Å². The summed E-state index contributed by atoms with van der Waals surface area (Å²) >= 11 is 0. The third-order valence-corrected chi connectivity index (χ3v) is 0.931. The molecule has 0 radical (unpaired) electrons. The van der Waals surface area contributed by atoms with Gasteiger partial charge in [-0.2, -0.15) is 5.82 Å². The minimum absolute atomic E-state index is 0.297. The van der Waals surface area contributed by atoms with Crippen molar-refractivity contribution in [3.8, 4) is 11.7 Å². The Morgan fingerprint density at radius 1 is 1.89 bits per heavy atom. The lowest BCUT2D eigenvalue weighted by molar-refractivity contribution is 0.320. The molecule has 3 heteroatoms. The van der Waals surface area contributed by atoms with E-state index in [9.17, 15) is 0 Å². The van der Waals surface area contributed by atoms with Crippen LogP contribution in [0.5, 0.6) is 0 Å². The van der Waals surface area contributed by atoms with Crippen molar-refractivity contribution >= 4 is 14.1 Å². The molecule has 0 fully saturated rings. The van der Waals surface area contributed by atoms with Gasteiger partial charge in [-0.25, -0.2) is 0 Å². The van der Waals surface area contributed by atoms with Crippen molar-refractivity contribution in [3.05, 3.63) is 0 Å². The molecule has 1 N–H and O–H groups in total. The normalized spacial score (nSPS) is 12.6. The molecule has 1 unspecified atom stereocenters. The van der Waals surface area contributed by atoms with Gasteiger partial charge in [-0.3, -0.25) is 0 Å². The Bertz CT molecular complexity index is 145. The van der Waals surface area contributed by atoms with E-state index in [1.54, 1.807) is 7.85 Å². The van der Waals surface area contributed by atoms with Gasteiger partial charge in [0.2, 0.25) is 0 Å². The summed E-state index contributed by atoms with van der Waals surface area (Å²) in [5, 5.41) is 10.9. The van der Waals surface area contributed by atoms with E-state index in [1.165, 1.54) is 6.21 Å². The first-order valence-corrected chi connectivity index (χ1v) is 2.89. The molecule has 0 aliphatic carbocycles. The molecule has 0 saturated heterocycles. The van der Waals surface area contributed by atoms with Crippen molar-refractivity contribution in [2.24, 2.45) is 11.1 Å². The van der Waals surface area contributed by atoms with Crippen LogP contribution in [0.2, 0.25) is 0 Å². The first-order valence-electron chi connectivity index (χ1n) is 2.89. The highest BCUT2D eigenvalue weighted by Crippen LogP contribution is 1.94. The minimum Gasteiger partial charge on any atom is -0.411 e. The Hall–Kier alpha value is -0.905. The molecular formula is C6H10BNO. The molecule has 0 aromatic carbocycles. The summed E-state index contributed by atoms with van der Waals surface area (Å²) in [6, 6.07) is 0. The zero-order valence-corrected chi connectivity index (χ0v) is 5.76. The highest BCUT2D eigenvalue weighted by molar-refractivity contribution is 6.22. The van der Waals surface area contributed by atoms with Crippen LogP contribution in [0.15, 0.2) is 5.16 Å². The molecule has 1 atom stereocenters. The first kappa shape index (κ1) is 8.09. The molecule has 0 aromatic heterocycles. The van der Waals surface area contributed by atoms with E-state index in [0.29, 0.717) is 5.92 Å². The van der Waals surface area contributed by atoms with Crippen molar-refractivity contribution in [2.45, 2.75) is 13.3 Å². The summed E-state index contributed by atoms with van der Waals surface area (Å²) < 4.78 is 0. The summed E-state index contributed by atoms with van der Waals surface area (Å²) in [5.41, 5.74) is 0. The lowest BCUT2D eigenvalue weighted by Crippen LogP contribution is -1.90. The largest absolute Gasteiger partial charge is 0.411 e. The van der Waals surface area contributed by atoms with Gasteiger partial charge >= 0.3 is 0 Å². The molecule has 0 amide bonds. The lowest BCUT2D eigenvalue weighted by Gasteiger charge is -1.93. The van der Waals surface area contributed by atoms with Gasteiger partial charge in [0.25, 0.3) is 0 Å². The second-order valence-electron chi connectivity index (χ2n) is 1.83. The highest BCUT2D eigenvalue weighted by atomic mass is 16.4. The molecule has 0 aliphatic rings. The quantitative estimate of drug-likeness (QED) is 0.182. The molecule has 48 valence electrons. The third-order valence-electron chi connectivity index (χ3n) is 0.931. The Morgan fingerprint density at radius 3 is 3.00 bits per heavy atom. The maximum Gasteiger partial charge on any atom is 0.195 e. The van der Waals surface area contributed by atoms with Crippen LogP contribution in [-0.4, -0.2) is 19.3 Å². The summed E-state index contributed by atoms with van der Waals surface area (Å²) in [6.45, 7) is 1.98. The average molecular weight is 123 g/mol. The van der Waals surface area contributed by atoms with E-state index >= 15 is 0 Å².